The average Bonchev–Trinajstić information content (AvgIpc) is 2.65. The first-order valence-corrected chi connectivity index (χ1v) is 9.04. The maximum absolute atomic E-state index is 12.7. The summed E-state index contributed by atoms with van der Waals surface area (Å²) in [6.45, 7) is 2.04. The molecule has 1 heterocycles. The molecule has 1 aliphatic heterocycles. The van der Waals surface area contributed by atoms with Gasteiger partial charge in [-0.1, -0.05) is 48.0 Å². The minimum atomic E-state index is -0.478. The zero-order valence-corrected chi connectivity index (χ0v) is 15.7. The first-order chi connectivity index (χ1) is 13.1. The highest BCUT2D eigenvalue weighted by Gasteiger charge is 2.33. The minimum Gasteiger partial charge on any atom is -0.490 e. The van der Waals surface area contributed by atoms with Crippen LogP contribution in [0.3, 0.4) is 0 Å². The van der Waals surface area contributed by atoms with Crippen molar-refractivity contribution in [3.8, 4) is 5.75 Å². The van der Waals surface area contributed by atoms with Crippen LogP contribution in [0.1, 0.15) is 24.8 Å². The van der Waals surface area contributed by atoms with Gasteiger partial charge in [-0.3, -0.25) is 4.79 Å². The lowest BCUT2D eigenvalue weighted by Gasteiger charge is -2.27. The van der Waals surface area contributed by atoms with E-state index >= 15 is 0 Å². The molecule has 0 aromatic heterocycles. The summed E-state index contributed by atoms with van der Waals surface area (Å²) in [5, 5.41) is 3.23. The predicted octanol–water partition coefficient (Wildman–Crippen LogP) is 3.84. The quantitative estimate of drug-likeness (QED) is 0.606. The van der Waals surface area contributed by atoms with Gasteiger partial charge in [0, 0.05) is 23.1 Å². The molecule has 0 aliphatic carbocycles. The molecule has 3 rings (SSSR count). The van der Waals surface area contributed by atoms with Gasteiger partial charge in [-0.25, -0.2) is 4.79 Å². The number of nitrogens with one attached hydrogen (secondary N) is 1. The second-order valence-corrected chi connectivity index (χ2v) is 6.57. The number of para-hydroxylation sites is 1. The van der Waals surface area contributed by atoms with Gasteiger partial charge in [0.15, 0.2) is 0 Å². The molecule has 140 valence electrons. The largest absolute Gasteiger partial charge is 0.490 e. The van der Waals surface area contributed by atoms with E-state index in [9.17, 15) is 9.59 Å². The van der Waals surface area contributed by atoms with E-state index in [1.807, 2.05) is 48.5 Å². The first kappa shape index (κ1) is 19.0. The number of allylic oxidation sites excluding steroid dienone is 1. The summed E-state index contributed by atoms with van der Waals surface area (Å²) in [7, 11) is 0. The van der Waals surface area contributed by atoms with Gasteiger partial charge >= 0.3 is 5.97 Å². The third kappa shape index (κ3) is 4.68. The molecule has 0 bridgehead atoms. The average molecular weight is 386 g/mol. The molecule has 0 fully saturated rings. The van der Waals surface area contributed by atoms with Crippen LogP contribution in [0, 0.1) is 0 Å². The lowest BCUT2D eigenvalue weighted by atomic mass is 9.84. The number of amides is 1. The Kier molecular flexibility index (Phi) is 6.14. The highest BCUT2D eigenvalue weighted by Crippen LogP contribution is 2.36. The normalized spacial score (nSPS) is 16.7. The SMILES string of the molecule is CC1=C(C(=O)OCCOc2ccccc2)C(c2ccccc2Cl)CC(=O)N1. The lowest BCUT2D eigenvalue weighted by Crippen LogP contribution is -2.34. The summed E-state index contributed by atoms with van der Waals surface area (Å²) in [6, 6.07) is 16.5. The van der Waals surface area contributed by atoms with Crippen LogP contribution in [0.15, 0.2) is 65.9 Å². The number of carbonyl (C=O) groups excluding carboxylic acids is 2. The van der Waals surface area contributed by atoms with Crippen molar-refractivity contribution in [3.63, 3.8) is 0 Å². The molecule has 2 aromatic rings. The molecule has 1 amide bonds. The molecule has 0 saturated heterocycles. The first-order valence-electron chi connectivity index (χ1n) is 8.66. The van der Waals surface area contributed by atoms with Crippen molar-refractivity contribution in [2.45, 2.75) is 19.3 Å². The molecule has 27 heavy (non-hydrogen) atoms. The number of carbonyl (C=O) groups is 2. The number of esters is 1. The molecule has 1 aliphatic rings. The number of rotatable bonds is 6. The Bertz CT molecular complexity index is 863. The van der Waals surface area contributed by atoms with Gasteiger partial charge in [0.2, 0.25) is 5.91 Å². The number of hydrogen-bond acceptors (Lipinski definition) is 4. The Morgan fingerprint density at radius 2 is 1.81 bits per heavy atom. The third-order valence-electron chi connectivity index (χ3n) is 4.30. The summed E-state index contributed by atoms with van der Waals surface area (Å²) < 4.78 is 10.9. The summed E-state index contributed by atoms with van der Waals surface area (Å²) in [6.07, 6.45) is 0.145. The smallest absolute Gasteiger partial charge is 0.336 e. The van der Waals surface area contributed by atoms with Crippen LogP contribution in [0.25, 0.3) is 0 Å². The van der Waals surface area contributed by atoms with Crippen LogP contribution in [-0.2, 0) is 14.3 Å². The van der Waals surface area contributed by atoms with E-state index < -0.39 is 11.9 Å². The molecule has 0 radical (unpaired) electrons. The van der Waals surface area contributed by atoms with Crippen molar-refractivity contribution in [2.24, 2.45) is 0 Å². The van der Waals surface area contributed by atoms with Crippen molar-refractivity contribution in [1.82, 2.24) is 5.32 Å². The fraction of sp³-hybridized carbons (Fsp3) is 0.238. The predicted molar refractivity (Wildman–Crippen MR) is 103 cm³/mol. The number of halogens is 1. The highest BCUT2D eigenvalue weighted by molar-refractivity contribution is 6.31. The Labute approximate surface area is 162 Å². The van der Waals surface area contributed by atoms with E-state index in [0.717, 1.165) is 5.56 Å². The van der Waals surface area contributed by atoms with Gasteiger partial charge < -0.3 is 14.8 Å². The molecule has 6 heteroatoms. The van der Waals surface area contributed by atoms with Crippen LogP contribution in [0.5, 0.6) is 5.75 Å². The van der Waals surface area contributed by atoms with E-state index in [2.05, 4.69) is 5.32 Å². The van der Waals surface area contributed by atoms with Gasteiger partial charge in [0.1, 0.15) is 19.0 Å². The number of hydrogen-bond donors (Lipinski definition) is 1. The van der Waals surface area contributed by atoms with E-state index in [1.165, 1.54) is 0 Å². The Balaban J connectivity index is 1.69. The van der Waals surface area contributed by atoms with Gasteiger partial charge in [0.05, 0.1) is 5.57 Å². The van der Waals surface area contributed by atoms with Crippen molar-refractivity contribution < 1.29 is 19.1 Å². The van der Waals surface area contributed by atoms with Crippen molar-refractivity contribution in [3.05, 3.63) is 76.5 Å². The monoisotopic (exact) mass is 385 g/mol. The van der Waals surface area contributed by atoms with Crippen LogP contribution in [0.4, 0.5) is 0 Å². The molecule has 5 nitrogen and oxygen atoms in total. The van der Waals surface area contributed by atoms with Crippen LogP contribution in [0.2, 0.25) is 5.02 Å². The fourth-order valence-electron chi connectivity index (χ4n) is 3.08. The zero-order valence-electron chi connectivity index (χ0n) is 14.9. The van der Waals surface area contributed by atoms with Crippen molar-refractivity contribution >= 4 is 23.5 Å². The van der Waals surface area contributed by atoms with Crippen molar-refractivity contribution in [2.75, 3.05) is 13.2 Å². The lowest BCUT2D eigenvalue weighted by molar-refractivity contribution is -0.140. The van der Waals surface area contributed by atoms with Crippen molar-refractivity contribution in [1.29, 1.82) is 0 Å². The molecule has 2 aromatic carbocycles. The van der Waals surface area contributed by atoms with Gasteiger partial charge in [-0.15, -0.1) is 0 Å². The summed E-state index contributed by atoms with van der Waals surface area (Å²) in [4.78, 5) is 24.7. The molecule has 1 unspecified atom stereocenters. The maximum atomic E-state index is 12.7. The van der Waals surface area contributed by atoms with Gasteiger partial charge in [-0.05, 0) is 30.7 Å². The van der Waals surface area contributed by atoms with Gasteiger partial charge in [0.25, 0.3) is 0 Å². The summed E-state index contributed by atoms with van der Waals surface area (Å²) in [5.74, 6) is -0.353. The maximum Gasteiger partial charge on any atom is 0.336 e. The van der Waals surface area contributed by atoms with Crippen LogP contribution >= 0.6 is 11.6 Å². The fourth-order valence-corrected chi connectivity index (χ4v) is 3.35. The summed E-state index contributed by atoms with van der Waals surface area (Å²) in [5.41, 5.74) is 1.65. The van der Waals surface area contributed by atoms with E-state index in [4.69, 9.17) is 21.1 Å². The zero-order chi connectivity index (χ0) is 19.2. The minimum absolute atomic E-state index is 0.105. The highest BCUT2D eigenvalue weighted by atomic mass is 35.5. The molecule has 0 spiro atoms. The number of benzene rings is 2. The molecular weight excluding hydrogens is 366 g/mol. The molecule has 1 atom stereocenters. The standard InChI is InChI=1S/C21H20ClNO4/c1-14-20(21(25)27-12-11-26-15-7-3-2-4-8-15)17(13-19(24)23-14)16-9-5-6-10-18(16)22/h2-10,17H,11-13H2,1H3,(H,23,24). The Hall–Kier alpha value is -2.79. The number of ether oxygens (including phenoxy) is 2. The van der Waals surface area contributed by atoms with E-state index in [1.54, 1.807) is 13.0 Å². The third-order valence-corrected chi connectivity index (χ3v) is 4.64. The van der Waals surface area contributed by atoms with Gasteiger partial charge in [-0.2, -0.15) is 0 Å². The second kappa shape index (κ2) is 8.73. The molecule has 1 N–H and O–H groups in total. The topological polar surface area (TPSA) is 64.6 Å². The Morgan fingerprint density at radius 3 is 2.56 bits per heavy atom. The summed E-state index contributed by atoms with van der Waals surface area (Å²) >= 11 is 6.29. The van der Waals surface area contributed by atoms with Crippen LogP contribution < -0.4 is 10.1 Å². The van der Waals surface area contributed by atoms with E-state index in [-0.39, 0.29) is 25.5 Å². The molecule has 0 saturated carbocycles. The van der Waals surface area contributed by atoms with E-state index in [0.29, 0.717) is 22.0 Å². The molecular formula is C21H20ClNO4. The Morgan fingerprint density at radius 1 is 1.11 bits per heavy atom. The van der Waals surface area contributed by atoms with Crippen LogP contribution in [-0.4, -0.2) is 25.1 Å². The second-order valence-electron chi connectivity index (χ2n) is 6.16.